The lowest BCUT2D eigenvalue weighted by atomic mass is 10.0. The number of rotatable bonds is 6. The van der Waals surface area contributed by atoms with Gasteiger partial charge in [-0.1, -0.05) is 17.7 Å². The Morgan fingerprint density at radius 3 is 2.46 bits per heavy atom. The van der Waals surface area contributed by atoms with Crippen LogP contribution in [0.3, 0.4) is 0 Å². The summed E-state index contributed by atoms with van der Waals surface area (Å²) in [5, 5.41) is 13.7. The Hall–Kier alpha value is -4.73. The normalized spacial score (nSPS) is 15.2. The van der Waals surface area contributed by atoms with Crippen LogP contribution in [0.2, 0.25) is 5.02 Å². The van der Waals surface area contributed by atoms with Crippen LogP contribution in [-0.2, 0) is 0 Å². The number of hydrogen-bond acceptors (Lipinski definition) is 6. The monoisotopic (exact) mass is 570 g/mol. The van der Waals surface area contributed by atoms with Crippen LogP contribution in [0.4, 0.5) is 10.1 Å². The molecule has 1 fully saturated rings. The van der Waals surface area contributed by atoms with Gasteiger partial charge in [-0.3, -0.25) is 9.78 Å². The molecule has 41 heavy (non-hydrogen) atoms. The van der Waals surface area contributed by atoms with Gasteiger partial charge in [0.2, 0.25) is 5.43 Å². The molecule has 5 aromatic rings. The van der Waals surface area contributed by atoms with E-state index >= 15 is 4.39 Å². The van der Waals surface area contributed by atoms with Crippen molar-refractivity contribution in [1.82, 2.24) is 14.9 Å². The minimum absolute atomic E-state index is 0.0304. The number of pyridine rings is 2. The number of ether oxygens (including phenoxy) is 1. The fourth-order valence-corrected chi connectivity index (χ4v) is 5.19. The zero-order chi connectivity index (χ0) is 28.5. The molecule has 8 nitrogen and oxygen atoms in total. The summed E-state index contributed by atoms with van der Waals surface area (Å²) in [4.78, 5) is 31.5. The Bertz CT molecular complexity index is 1790. The van der Waals surface area contributed by atoms with Crippen molar-refractivity contribution >= 4 is 34.2 Å². The van der Waals surface area contributed by atoms with Crippen LogP contribution >= 0.6 is 11.6 Å². The van der Waals surface area contributed by atoms with Crippen LogP contribution in [0.25, 0.3) is 16.6 Å². The number of hydrogen-bond donors (Lipinski definition) is 2. The predicted octanol–water partition coefficient (Wildman–Crippen LogP) is 5.82. The molecular weight excluding hydrogens is 547 g/mol. The molecule has 206 valence electrons. The number of aromatic nitrogens is 2. The van der Waals surface area contributed by atoms with Gasteiger partial charge in [0.05, 0.1) is 22.9 Å². The number of nitrogens with one attached hydrogen (secondary N) is 1. The van der Waals surface area contributed by atoms with Crippen molar-refractivity contribution in [2.24, 2.45) is 0 Å². The first-order valence-electron chi connectivity index (χ1n) is 12.9. The Morgan fingerprint density at radius 1 is 1.05 bits per heavy atom. The smallest absolute Gasteiger partial charge is 0.341 e. The van der Waals surface area contributed by atoms with E-state index in [0.717, 1.165) is 11.8 Å². The zero-order valence-corrected chi connectivity index (χ0v) is 22.4. The quantitative estimate of drug-likeness (QED) is 0.265. The summed E-state index contributed by atoms with van der Waals surface area (Å²) in [5.74, 6) is -0.860. The highest BCUT2D eigenvalue weighted by atomic mass is 35.5. The Morgan fingerprint density at radius 2 is 1.78 bits per heavy atom. The van der Waals surface area contributed by atoms with E-state index in [9.17, 15) is 14.7 Å². The summed E-state index contributed by atoms with van der Waals surface area (Å²) < 4.78 is 23.2. The Labute approximate surface area is 239 Å². The molecule has 2 N–H and O–H groups in total. The molecule has 10 heteroatoms. The van der Waals surface area contributed by atoms with E-state index < -0.39 is 22.8 Å². The lowest BCUT2D eigenvalue weighted by Gasteiger charge is -2.38. The standard InChI is InChI=1S/C31H24ClFN4O4/c32-19-4-8-21(9-5-19)41-22-10-6-20(7-11-22)37-18-24(31(39)40)30(38)23-15-25(33)28(16-27(23)37)36-14-13-34-17-29(36)26-3-1-2-12-35-26/h1-12,15-16,18,29,34H,13-14,17H2,(H,39,40). The highest BCUT2D eigenvalue weighted by Crippen LogP contribution is 2.33. The molecular formula is C31H24ClFN4O4. The largest absolute Gasteiger partial charge is 0.477 e. The van der Waals surface area contributed by atoms with E-state index in [2.05, 4.69) is 10.3 Å². The van der Waals surface area contributed by atoms with Gasteiger partial charge in [0.1, 0.15) is 22.9 Å². The van der Waals surface area contributed by atoms with Gasteiger partial charge < -0.3 is 24.6 Å². The SMILES string of the molecule is O=C(O)c1cn(-c2ccc(Oc3ccc(Cl)cc3)cc2)c2cc(N3CCNCC3c3ccccn3)c(F)cc2c1=O. The first-order chi connectivity index (χ1) is 19.9. The topological polar surface area (TPSA) is 96.7 Å². The van der Waals surface area contributed by atoms with Gasteiger partial charge >= 0.3 is 5.97 Å². The molecule has 6 rings (SSSR count). The van der Waals surface area contributed by atoms with Gasteiger partial charge in [-0.05, 0) is 72.8 Å². The maximum atomic E-state index is 15.7. The van der Waals surface area contributed by atoms with Crippen LogP contribution in [0.1, 0.15) is 22.1 Å². The average molecular weight is 571 g/mol. The Balaban J connectivity index is 1.46. The minimum atomic E-state index is -1.39. The maximum Gasteiger partial charge on any atom is 0.341 e. The van der Waals surface area contributed by atoms with Crippen molar-refractivity contribution in [3.63, 3.8) is 0 Å². The average Bonchev–Trinajstić information content (AvgIpc) is 2.99. The van der Waals surface area contributed by atoms with E-state index in [1.165, 1.54) is 6.20 Å². The van der Waals surface area contributed by atoms with Crippen LogP contribution in [0.5, 0.6) is 11.5 Å². The fourth-order valence-electron chi connectivity index (χ4n) is 5.06. The van der Waals surface area contributed by atoms with Gasteiger partial charge in [0, 0.05) is 48.1 Å². The molecule has 0 spiro atoms. The number of halogens is 2. The summed E-state index contributed by atoms with van der Waals surface area (Å²) in [5.41, 5.74) is 0.821. The van der Waals surface area contributed by atoms with E-state index in [4.69, 9.17) is 16.3 Å². The number of carboxylic acid groups (broad SMARTS) is 1. The summed E-state index contributed by atoms with van der Waals surface area (Å²) >= 11 is 5.95. The van der Waals surface area contributed by atoms with E-state index in [1.54, 1.807) is 65.4 Å². The maximum absolute atomic E-state index is 15.7. The molecule has 1 aliphatic heterocycles. The highest BCUT2D eigenvalue weighted by Gasteiger charge is 2.28. The molecule has 0 radical (unpaired) electrons. The fraction of sp³-hybridized carbons (Fsp3) is 0.129. The molecule has 2 aromatic heterocycles. The molecule has 0 amide bonds. The number of anilines is 1. The number of benzene rings is 3. The van der Waals surface area contributed by atoms with Gasteiger partial charge in [-0.15, -0.1) is 0 Å². The number of fused-ring (bicyclic) bond motifs is 1. The lowest BCUT2D eigenvalue weighted by Crippen LogP contribution is -2.46. The molecule has 0 aliphatic carbocycles. The van der Waals surface area contributed by atoms with E-state index in [1.807, 2.05) is 23.1 Å². The highest BCUT2D eigenvalue weighted by molar-refractivity contribution is 6.30. The number of aromatic carboxylic acids is 1. The zero-order valence-electron chi connectivity index (χ0n) is 21.6. The van der Waals surface area contributed by atoms with Crippen LogP contribution in [0, 0.1) is 5.82 Å². The molecule has 3 aromatic carbocycles. The minimum Gasteiger partial charge on any atom is -0.477 e. The second-order valence-corrected chi connectivity index (χ2v) is 10.0. The van der Waals surface area contributed by atoms with Crippen molar-refractivity contribution < 1.29 is 19.0 Å². The summed E-state index contributed by atoms with van der Waals surface area (Å²) in [6.45, 7) is 1.72. The van der Waals surface area contributed by atoms with Gasteiger partial charge in [-0.25, -0.2) is 9.18 Å². The first-order valence-corrected chi connectivity index (χ1v) is 13.3. The molecule has 1 atom stereocenters. The summed E-state index contributed by atoms with van der Waals surface area (Å²) in [7, 11) is 0. The Kier molecular flexibility index (Phi) is 7.13. The second-order valence-electron chi connectivity index (χ2n) is 9.59. The van der Waals surface area contributed by atoms with E-state index in [-0.39, 0.29) is 11.4 Å². The van der Waals surface area contributed by atoms with Gasteiger partial charge in [0.15, 0.2) is 0 Å². The van der Waals surface area contributed by atoms with Crippen molar-refractivity contribution in [1.29, 1.82) is 0 Å². The molecule has 3 heterocycles. The number of nitrogens with zero attached hydrogens (tertiary/aromatic N) is 3. The predicted molar refractivity (Wildman–Crippen MR) is 155 cm³/mol. The lowest BCUT2D eigenvalue weighted by molar-refractivity contribution is 0.0695. The molecule has 1 unspecified atom stereocenters. The van der Waals surface area contributed by atoms with Crippen molar-refractivity contribution in [2.75, 3.05) is 24.5 Å². The first kappa shape index (κ1) is 26.5. The number of carbonyl (C=O) groups is 1. The molecule has 0 bridgehead atoms. The third kappa shape index (κ3) is 5.25. The van der Waals surface area contributed by atoms with Crippen molar-refractivity contribution in [3.8, 4) is 17.2 Å². The molecule has 1 saturated heterocycles. The van der Waals surface area contributed by atoms with Crippen LogP contribution in [0.15, 0.2) is 96.1 Å². The van der Waals surface area contributed by atoms with Crippen molar-refractivity contribution in [3.05, 3.63) is 124 Å². The van der Waals surface area contributed by atoms with Gasteiger partial charge in [0.25, 0.3) is 0 Å². The summed E-state index contributed by atoms with van der Waals surface area (Å²) in [6, 6.07) is 22.0. The van der Waals surface area contributed by atoms with Gasteiger partial charge in [-0.2, -0.15) is 0 Å². The molecule has 1 aliphatic rings. The van der Waals surface area contributed by atoms with Crippen LogP contribution < -0.4 is 20.4 Å². The number of piperazine rings is 1. The second kappa shape index (κ2) is 11.0. The summed E-state index contributed by atoms with van der Waals surface area (Å²) in [6.07, 6.45) is 2.97. The van der Waals surface area contributed by atoms with E-state index in [0.29, 0.717) is 53.0 Å². The molecule has 0 saturated carbocycles. The van der Waals surface area contributed by atoms with Crippen molar-refractivity contribution in [2.45, 2.75) is 6.04 Å². The third-order valence-corrected chi connectivity index (χ3v) is 7.30. The third-order valence-electron chi connectivity index (χ3n) is 7.05. The number of carboxylic acids is 1. The van der Waals surface area contributed by atoms with Crippen LogP contribution in [-0.4, -0.2) is 40.3 Å².